The number of nitrogens with zero attached hydrogens (tertiary/aromatic N) is 2. The van der Waals surface area contributed by atoms with Crippen LogP contribution in [0.3, 0.4) is 0 Å². The predicted molar refractivity (Wildman–Crippen MR) is 66.5 cm³/mol. The van der Waals surface area contributed by atoms with Gasteiger partial charge in [-0.25, -0.2) is 0 Å². The molecule has 94 valence electrons. The molecular formula is C14H22N2O. The summed E-state index contributed by atoms with van der Waals surface area (Å²) >= 11 is 0. The first-order chi connectivity index (χ1) is 8.15. The molecule has 2 unspecified atom stereocenters. The molecule has 0 bridgehead atoms. The number of aliphatic hydroxyl groups is 1. The molecule has 3 rings (SSSR count). The maximum Gasteiger partial charge on any atom is 0.0691 e. The van der Waals surface area contributed by atoms with Crippen LogP contribution in [0.1, 0.15) is 44.1 Å². The average molecular weight is 234 g/mol. The number of hydrogen-bond donors (Lipinski definition) is 1. The third kappa shape index (κ3) is 2.54. The van der Waals surface area contributed by atoms with Gasteiger partial charge in [0.15, 0.2) is 0 Å². The van der Waals surface area contributed by atoms with E-state index >= 15 is 0 Å². The molecule has 2 fully saturated rings. The highest BCUT2D eigenvalue weighted by Gasteiger charge is 2.40. The lowest BCUT2D eigenvalue weighted by molar-refractivity contribution is -0.0195. The fourth-order valence-corrected chi connectivity index (χ4v) is 3.46. The Morgan fingerprint density at radius 3 is 2.88 bits per heavy atom. The fraction of sp³-hybridized carbons (Fsp3) is 0.786. The molecule has 0 spiro atoms. The molecule has 17 heavy (non-hydrogen) atoms. The number of hydrogen-bond acceptors (Lipinski definition) is 2. The lowest BCUT2D eigenvalue weighted by Crippen LogP contribution is -2.37. The van der Waals surface area contributed by atoms with E-state index in [4.69, 9.17) is 0 Å². The molecule has 1 N–H and O–H groups in total. The van der Waals surface area contributed by atoms with Crippen LogP contribution in [0.25, 0.3) is 0 Å². The predicted octanol–water partition coefficient (Wildman–Crippen LogP) is 2.29. The minimum absolute atomic E-state index is 0.464. The summed E-state index contributed by atoms with van der Waals surface area (Å²) in [7, 11) is 1.93. The van der Waals surface area contributed by atoms with Gasteiger partial charge in [-0.05, 0) is 49.5 Å². The van der Waals surface area contributed by atoms with E-state index in [-0.39, 0.29) is 0 Å². The van der Waals surface area contributed by atoms with Crippen molar-refractivity contribution in [2.45, 2.75) is 50.5 Å². The largest absolute Gasteiger partial charge is 0.390 e. The van der Waals surface area contributed by atoms with Gasteiger partial charge >= 0.3 is 0 Å². The van der Waals surface area contributed by atoms with Gasteiger partial charge in [-0.2, -0.15) is 5.10 Å². The third-order valence-corrected chi connectivity index (χ3v) is 4.44. The van der Waals surface area contributed by atoms with Gasteiger partial charge in [-0.3, -0.25) is 4.68 Å². The molecule has 2 aliphatic rings. The molecule has 0 amide bonds. The molecule has 0 aliphatic heterocycles. The molecule has 1 heterocycles. The van der Waals surface area contributed by atoms with E-state index in [1.807, 2.05) is 24.1 Å². The minimum atomic E-state index is -0.464. The SMILES string of the molecule is Cn1cc(CC2(O)CCCC(C3CC3)C2)cn1. The van der Waals surface area contributed by atoms with Crippen LogP contribution in [-0.2, 0) is 13.5 Å². The van der Waals surface area contributed by atoms with E-state index in [0.717, 1.165) is 31.1 Å². The van der Waals surface area contributed by atoms with E-state index in [0.29, 0.717) is 0 Å². The zero-order valence-corrected chi connectivity index (χ0v) is 10.6. The first-order valence-corrected chi connectivity index (χ1v) is 6.85. The van der Waals surface area contributed by atoms with Gasteiger partial charge in [0.05, 0.1) is 11.8 Å². The molecule has 2 saturated carbocycles. The van der Waals surface area contributed by atoms with Crippen molar-refractivity contribution >= 4 is 0 Å². The van der Waals surface area contributed by atoms with Crippen molar-refractivity contribution in [1.29, 1.82) is 0 Å². The van der Waals surface area contributed by atoms with Crippen molar-refractivity contribution in [3.05, 3.63) is 18.0 Å². The van der Waals surface area contributed by atoms with E-state index in [1.54, 1.807) is 0 Å². The summed E-state index contributed by atoms with van der Waals surface area (Å²) < 4.78 is 1.82. The second kappa shape index (κ2) is 4.13. The topological polar surface area (TPSA) is 38.0 Å². The second-order valence-corrected chi connectivity index (χ2v) is 6.12. The van der Waals surface area contributed by atoms with Crippen LogP contribution in [0, 0.1) is 11.8 Å². The fourth-order valence-electron chi connectivity index (χ4n) is 3.46. The Bertz CT molecular complexity index is 397. The Hall–Kier alpha value is -0.830. The van der Waals surface area contributed by atoms with E-state index in [1.165, 1.54) is 31.2 Å². The summed E-state index contributed by atoms with van der Waals surface area (Å²) in [5, 5.41) is 14.9. The zero-order valence-electron chi connectivity index (χ0n) is 10.6. The van der Waals surface area contributed by atoms with Gasteiger partial charge in [0.2, 0.25) is 0 Å². The van der Waals surface area contributed by atoms with Crippen molar-refractivity contribution in [1.82, 2.24) is 9.78 Å². The highest BCUT2D eigenvalue weighted by atomic mass is 16.3. The van der Waals surface area contributed by atoms with Crippen molar-refractivity contribution in [2.24, 2.45) is 18.9 Å². The molecule has 1 aromatic heterocycles. The smallest absolute Gasteiger partial charge is 0.0691 e. The van der Waals surface area contributed by atoms with Crippen molar-refractivity contribution in [2.75, 3.05) is 0 Å². The summed E-state index contributed by atoms with van der Waals surface area (Å²) in [5.74, 6) is 1.71. The molecule has 3 heteroatoms. The summed E-state index contributed by atoms with van der Waals surface area (Å²) in [6, 6.07) is 0. The first-order valence-electron chi connectivity index (χ1n) is 6.85. The molecule has 0 aromatic carbocycles. The average Bonchev–Trinajstić information content (AvgIpc) is 3.04. The molecular weight excluding hydrogens is 212 g/mol. The maximum atomic E-state index is 10.7. The molecule has 1 aromatic rings. The van der Waals surface area contributed by atoms with Crippen LogP contribution in [0.4, 0.5) is 0 Å². The Labute approximate surface area is 103 Å². The minimum Gasteiger partial charge on any atom is -0.390 e. The van der Waals surface area contributed by atoms with Gasteiger partial charge in [-0.1, -0.05) is 6.42 Å². The Kier molecular flexibility index (Phi) is 2.74. The van der Waals surface area contributed by atoms with E-state index < -0.39 is 5.60 Å². The van der Waals surface area contributed by atoms with Crippen molar-refractivity contribution in [3.8, 4) is 0 Å². The van der Waals surface area contributed by atoms with Crippen molar-refractivity contribution < 1.29 is 5.11 Å². The van der Waals surface area contributed by atoms with Crippen LogP contribution < -0.4 is 0 Å². The lowest BCUT2D eigenvalue weighted by Gasteiger charge is -2.37. The molecule has 2 aliphatic carbocycles. The van der Waals surface area contributed by atoms with E-state index in [9.17, 15) is 5.11 Å². The Morgan fingerprint density at radius 1 is 1.41 bits per heavy atom. The summed E-state index contributed by atoms with van der Waals surface area (Å²) in [5.41, 5.74) is 0.709. The van der Waals surface area contributed by atoms with Crippen LogP contribution in [0.2, 0.25) is 0 Å². The van der Waals surface area contributed by atoms with Crippen LogP contribution in [0.15, 0.2) is 12.4 Å². The van der Waals surface area contributed by atoms with Gasteiger partial charge in [-0.15, -0.1) is 0 Å². The quantitative estimate of drug-likeness (QED) is 0.871. The monoisotopic (exact) mass is 234 g/mol. The van der Waals surface area contributed by atoms with Gasteiger partial charge in [0.25, 0.3) is 0 Å². The summed E-state index contributed by atoms with van der Waals surface area (Å²) in [6.45, 7) is 0. The Morgan fingerprint density at radius 2 is 2.24 bits per heavy atom. The van der Waals surface area contributed by atoms with Crippen LogP contribution in [0.5, 0.6) is 0 Å². The van der Waals surface area contributed by atoms with E-state index in [2.05, 4.69) is 5.10 Å². The van der Waals surface area contributed by atoms with Gasteiger partial charge in [0, 0.05) is 19.7 Å². The lowest BCUT2D eigenvalue weighted by atomic mass is 9.74. The molecule has 2 atom stereocenters. The molecule has 0 radical (unpaired) electrons. The Balaban J connectivity index is 1.67. The first kappa shape index (κ1) is 11.3. The number of aryl methyl sites for hydroxylation is 1. The highest BCUT2D eigenvalue weighted by molar-refractivity contribution is 5.09. The number of aromatic nitrogens is 2. The van der Waals surface area contributed by atoms with Crippen molar-refractivity contribution in [3.63, 3.8) is 0 Å². The standard InChI is InChI=1S/C14H22N2O/c1-16-10-11(9-15-16)7-14(17)6-2-3-13(8-14)12-4-5-12/h9-10,12-13,17H,2-8H2,1H3. The zero-order chi connectivity index (χ0) is 11.9. The second-order valence-electron chi connectivity index (χ2n) is 6.12. The summed E-state index contributed by atoms with van der Waals surface area (Å²) in [4.78, 5) is 0. The normalized spacial score (nSPS) is 33.9. The van der Waals surface area contributed by atoms with Gasteiger partial charge < -0.3 is 5.11 Å². The van der Waals surface area contributed by atoms with Crippen LogP contribution in [-0.4, -0.2) is 20.5 Å². The molecule has 0 saturated heterocycles. The third-order valence-electron chi connectivity index (χ3n) is 4.44. The highest BCUT2D eigenvalue weighted by Crippen LogP contribution is 2.47. The molecule has 3 nitrogen and oxygen atoms in total. The maximum absolute atomic E-state index is 10.7. The number of rotatable bonds is 3. The summed E-state index contributed by atoms with van der Waals surface area (Å²) in [6.07, 6.45) is 12.0. The van der Waals surface area contributed by atoms with Gasteiger partial charge in [0.1, 0.15) is 0 Å². The van der Waals surface area contributed by atoms with Crippen LogP contribution >= 0.6 is 0 Å².